The van der Waals surface area contributed by atoms with Crippen LogP contribution in [0.15, 0.2) is 0 Å². The van der Waals surface area contributed by atoms with E-state index >= 15 is 0 Å². The molecule has 1 rings (SSSR count). The van der Waals surface area contributed by atoms with Crippen molar-refractivity contribution < 1.29 is 23.9 Å². The first kappa shape index (κ1) is 29.5. The third kappa shape index (κ3) is 15.4. The molecule has 7 heteroatoms. The lowest BCUT2D eigenvalue weighted by atomic mass is 9.88. The van der Waals surface area contributed by atoms with E-state index in [1.54, 1.807) is 6.92 Å². The van der Waals surface area contributed by atoms with Crippen LogP contribution in [0.1, 0.15) is 26.7 Å². The summed E-state index contributed by atoms with van der Waals surface area (Å²) in [7, 11) is 0. The molecule has 0 bridgehead atoms. The van der Waals surface area contributed by atoms with Gasteiger partial charge in [-0.25, -0.2) is 0 Å². The zero-order chi connectivity index (χ0) is 25.8. The third-order valence-electron chi connectivity index (χ3n) is 3.51. The van der Waals surface area contributed by atoms with Gasteiger partial charge < -0.3 is 4.74 Å². The molecule has 1 aliphatic rings. The van der Waals surface area contributed by atoms with Crippen LogP contribution in [0.3, 0.4) is 0 Å². The van der Waals surface area contributed by atoms with Crippen LogP contribution in [-0.4, -0.2) is 22.4 Å². The average molecular weight is 489 g/mol. The molecule has 0 aliphatic carbocycles. The maximum absolute atomic E-state index is 11.6. The minimum Gasteiger partial charge on any atom is -0.393 e. The van der Waals surface area contributed by atoms with Crippen molar-refractivity contribution in [3.8, 4) is 95.2 Å². The van der Waals surface area contributed by atoms with Crippen LogP contribution in [0.25, 0.3) is 0 Å². The molecular weight excluding hydrogens is 475 g/mol. The van der Waals surface area contributed by atoms with Crippen LogP contribution in [0.4, 0.5) is 0 Å². The number of rotatable bonds is 4. The minimum absolute atomic E-state index is 0.0975. The highest BCUT2D eigenvalue weighted by molar-refractivity contribution is 6.72. The van der Waals surface area contributed by atoms with Crippen molar-refractivity contribution in [2.24, 2.45) is 17.8 Å². The number of terminal acetylenes is 1. The molecule has 3 atom stereocenters. The molecular formula is C27H14Cl2O5. The lowest BCUT2D eigenvalue weighted by Gasteiger charge is -2.10. The SMILES string of the molecule is C#CC#CC#CC#CC#CC#CC#CC#CC(C)CC1C(=O)OC(=O)C1C.O=C(Cl)CC(=O)Cl. The smallest absolute Gasteiger partial charge is 0.317 e. The van der Waals surface area contributed by atoms with Crippen molar-refractivity contribution in [3.05, 3.63) is 0 Å². The maximum atomic E-state index is 11.6. The molecule has 166 valence electrons. The van der Waals surface area contributed by atoms with Gasteiger partial charge in [-0.3, -0.25) is 19.2 Å². The van der Waals surface area contributed by atoms with E-state index in [9.17, 15) is 19.2 Å². The summed E-state index contributed by atoms with van der Waals surface area (Å²) in [4.78, 5) is 42.3. The number of carbonyl (C=O) groups is 4. The largest absolute Gasteiger partial charge is 0.393 e. The van der Waals surface area contributed by atoms with Crippen LogP contribution >= 0.6 is 23.2 Å². The highest BCUT2D eigenvalue weighted by Crippen LogP contribution is 2.28. The number of hydrogen-bond acceptors (Lipinski definition) is 5. The molecule has 3 unspecified atom stereocenters. The quantitative estimate of drug-likeness (QED) is 0.261. The number of esters is 2. The van der Waals surface area contributed by atoms with E-state index in [0.29, 0.717) is 6.42 Å². The first-order chi connectivity index (χ1) is 16.2. The Morgan fingerprint density at radius 2 is 1.24 bits per heavy atom. The fraction of sp³-hybridized carbons (Fsp3) is 0.259. The van der Waals surface area contributed by atoms with Crippen LogP contribution in [0.5, 0.6) is 0 Å². The molecule has 1 heterocycles. The second kappa shape index (κ2) is 18.1. The van der Waals surface area contributed by atoms with E-state index in [1.165, 1.54) is 0 Å². The molecule has 1 saturated heterocycles. The van der Waals surface area contributed by atoms with Crippen molar-refractivity contribution in [3.63, 3.8) is 0 Å². The Balaban J connectivity index is 0.00000135. The van der Waals surface area contributed by atoms with Gasteiger partial charge in [0, 0.05) is 5.92 Å². The van der Waals surface area contributed by atoms with Crippen LogP contribution in [0.2, 0.25) is 0 Å². The summed E-state index contributed by atoms with van der Waals surface area (Å²) in [5.74, 6) is 35.5. The standard InChI is InChI=1S/C24H12O3.C3H2Cl2O2/c1-4-5-6-7-8-9-10-11-12-13-14-15-16-17-18-20(2)19-22-21(3)23(25)27-24(22)26;4-2(6)1-3(5)7/h1,20-22H,19H2,2-3H3;1H2. The summed E-state index contributed by atoms with van der Waals surface area (Å²) in [6, 6.07) is 0. The summed E-state index contributed by atoms with van der Waals surface area (Å²) >= 11 is 9.46. The molecule has 34 heavy (non-hydrogen) atoms. The molecule has 0 saturated carbocycles. The van der Waals surface area contributed by atoms with Gasteiger partial charge in [0.2, 0.25) is 10.5 Å². The first-order valence-electron chi connectivity index (χ1n) is 9.27. The lowest BCUT2D eigenvalue weighted by molar-refractivity contribution is -0.153. The molecule has 1 fully saturated rings. The monoisotopic (exact) mass is 488 g/mol. The van der Waals surface area contributed by atoms with Gasteiger partial charge in [0.05, 0.1) is 18.3 Å². The van der Waals surface area contributed by atoms with E-state index < -0.39 is 34.3 Å². The molecule has 0 spiro atoms. The Bertz CT molecular complexity index is 1300. The highest BCUT2D eigenvalue weighted by Gasteiger charge is 2.41. The Kier molecular flexibility index (Phi) is 15.8. The second-order valence-corrected chi connectivity index (χ2v) is 6.92. The van der Waals surface area contributed by atoms with E-state index in [2.05, 4.69) is 93.5 Å². The molecule has 0 radical (unpaired) electrons. The molecule has 0 aromatic heterocycles. The number of cyclic esters (lactones) is 2. The molecule has 0 amide bonds. The third-order valence-corrected chi connectivity index (χ3v) is 3.77. The van der Waals surface area contributed by atoms with Crippen molar-refractivity contribution in [1.82, 2.24) is 0 Å². The Hall–Kier alpha value is -4.46. The Morgan fingerprint density at radius 3 is 1.56 bits per heavy atom. The van der Waals surface area contributed by atoms with Gasteiger partial charge >= 0.3 is 11.9 Å². The highest BCUT2D eigenvalue weighted by atomic mass is 35.5. The Morgan fingerprint density at radius 1 is 0.824 bits per heavy atom. The first-order valence-corrected chi connectivity index (χ1v) is 10.0. The normalized spacial score (nSPS) is 14.7. The summed E-state index contributed by atoms with van der Waals surface area (Å²) in [6.45, 7) is 3.53. The van der Waals surface area contributed by atoms with Gasteiger partial charge in [-0.2, -0.15) is 0 Å². The van der Waals surface area contributed by atoms with Crippen molar-refractivity contribution >= 4 is 45.6 Å². The lowest BCUT2D eigenvalue weighted by Crippen LogP contribution is -2.17. The van der Waals surface area contributed by atoms with Crippen molar-refractivity contribution in [2.75, 3.05) is 0 Å². The fourth-order valence-corrected chi connectivity index (χ4v) is 2.34. The summed E-state index contributed by atoms with van der Waals surface area (Å²) < 4.78 is 4.60. The van der Waals surface area contributed by atoms with E-state index in [4.69, 9.17) is 29.6 Å². The van der Waals surface area contributed by atoms with Crippen molar-refractivity contribution in [1.29, 1.82) is 0 Å². The summed E-state index contributed by atoms with van der Waals surface area (Å²) in [6.07, 6.45) is 4.98. The van der Waals surface area contributed by atoms with Gasteiger partial charge in [0.1, 0.15) is 0 Å². The van der Waals surface area contributed by atoms with E-state index in [1.807, 2.05) is 6.92 Å². The second-order valence-electron chi connectivity index (χ2n) is 6.07. The maximum Gasteiger partial charge on any atom is 0.317 e. The van der Waals surface area contributed by atoms with Gasteiger partial charge in [-0.05, 0) is 113 Å². The summed E-state index contributed by atoms with van der Waals surface area (Å²) in [5, 5.41) is -1.44. The average Bonchev–Trinajstić information content (AvgIpc) is 2.99. The van der Waals surface area contributed by atoms with Crippen LogP contribution < -0.4 is 0 Å². The minimum atomic E-state index is -0.722. The molecule has 0 N–H and O–H groups in total. The van der Waals surface area contributed by atoms with Gasteiger partial charge in [0.25, 0.3) is 0 Å². The zero-order valence-electron chi connectivity index (χ0n) is 18.0. The summed E-state index contributed by atoms with van der Waals surface area (Å²) in [5.41, 5.74) is 0. The zero-order valence-corrected chi connectivity index (χ0v) is 19.5. The van der Waals surface area contributed by atoms with E-state index in [0.717, 1.165) is 0 Å². The topological polar surface area (TPSA) is 77.5 Å². The van der Waals surface area contributed by atoms with Crippen LogP contribution in [0, 0.1) is 113 Å². The van der Waals surface area contributed by atoms with Crippen LogP contribution in [-0.2, 0) is 23.9 Å². The molecule has 0 aromatic rings. The number of carbonyl (C=O) groups excluding carboxylic acids is 4. The number of hydrogen-bond donors (Lipinski definition) is 0. The molecule has 1 aliphatic heterocycles. The molecule has 0 aromatic carbocycles. The predicted octanol–water partition coefficient (Wildman–Crippen LogP) is 1.91. The molecule has 5 nitrogen and oxygen atoms in total. The number of ether oxygens (including phenoxy) is 1. The van der Waals surface area contributed by atoms with Gasteiger partial charge in [0.15, 0.2) is 0 Å². The van der Waals surface area contributed by atoms with Gasteiger partial charge in [-0.15, -0.1) is 6.42 Å². The van der Waals surface area contributed by atoms with Crippen molar-refractivity contribution in [2.45, 2.75) is 26.7 Å². The fourth-order valence-electron chi connectivity index (χ4n) is 2.02. The number of halogens is 2. The predicted molar refractivity (Wildman–Crippen MR) is 127 cm³/mol. The van der Waals surface area contributed by atoms with Gasteiger partial charge in [-0.1, -0.05) is 19.8 Å². The Labute approximate surface area is 209 Å². The van der Waals surface area contributed by atoms with E-state index in [-0.39, 0.29) is 12.3 Å².